The summed E-state index contributed by atoms with van der Waals surface area (Å²) < 4.78 is 0. The third-order valence-corrected chi connectivity index (χ3v) is 11.1. The Balaban J connectivity index is 1.57. The summed E-state index contributed by atoms with van der Waals surface area (Å²) in [4.78, 5) is 0. The Morgan fingerprint density at radius 3 is 1.39 bits per heavy atom. The van der Waals surface area contributed by atoms with Crippen LogP contribution in [0.4, 0.5) is 0 Å². The van der Waals surface area contributed by atoms with Crippen LogP contribution in [-0.2, 0) is 0 Å². The molecule has 3 unspecified atom stereocenters. The van der Waals surface area contributed by atoms with Crippen LogP contribution in [0.15, 0.2) is 0 Å². The van der Waals surface area contributed by atoms with E-state index in [1.54, 1.807) is 50.8 Å². The number of fused-ring (bicyclic) bond motifs is 2. The zero-order valence-electron chi connectivity index (χ0n) is 19.7. The van der Waals surface area contributed by atoms with Crippen LogP contribution in [0.2, 0.25) is 0 Å². The van der Waals surface area contributed by atoms with Crippen molar-refractivity contribution in [3.63, 3.8) is 0 Å². The van der Waals surface area contributed by atoms with E-state index in [9.17, 15) is 0 Å². The Bertz CT molecular complexity index is 332. The summed E-state index contributed by atoms with van der Waals surface area (Å²) in [6, 6.07) is 0. The van der Waals surface area contributed by atoms with Crippen LogP contribution in [-0.4, -0.2) is 18.0 Å². The maximum atomic E-state index is 2.32. The van der Waals surface area contributed by atoms with Gasteiger partial charge in [0.1, 0.15) is 0 Å². The van der Waals surface area contributed by atoms with E-state index >= 15 is 0 Å². The van der Waals surface area contributed by atoms with Gasteiger partial charge in [-0.2, -0.15) is 0 Å². The standard InChI is InChI=1S/C27H53P/c1-3-5-7-9-11-13-15-17-21-28(27-24-25-19-20-26(27)23-25)22-18-16-14-12-10-8-6-4-2/h25-27H,3-24H2,1-2H3. The maximum absolute atomic E-state index is 2.32. The van der Waals surface area contributed by atoms with Gasteiger partial charge in [-0.15, -0.1) is 7.92 Å². The van der Waals surface area contributed by atoms with Crippen LogP contribution >= 0.6 is 7.92 Å². The summed E-state index contributed by atoms with van der Waals surface area (Å²) in [5, 5.41) is 0. The zero-order chi connectivity index (χ0) is 19.9. The second-order valence-corrected chi connectivity index (χ2v) is 13.0. The first-order valence-corrected chi connectivity index (χ1v) is 15.4. The molecular weight excluding hydrogens is 355 g/mol. The molecule has 0 aliphatic heterocycles. The van der Waals surface area contributed by atoms with E-state index in [0.29, 0.717) is 7.92 Å². The van der Waals surface area contributed by atoms with E-state index in [4.69, 9.17) is 0 Å². The Morgan fingerprint density at radius 2 is 1.00 bits per heavy atom. The normalized spacial score (nSPS) is 23.9. The fraction of sp³-hybridized carbons (Fsp3) is 1.00. The molecule has 2 rings (SSSR count). The maximum Gasteiger partial charge on any atom is -0.0178 e. The number of unbranched alkanes of at least 4 members (excludes halogenated alkanes) is 14. The molecule has 2 fully saturated rings. The lowest BCUT2D eigenvalue weighted by Gasteiger charge is -2.31. The third-order valence-electron chi connectivity index (χ3n) is 7.77. The summed E-state index contributed by atoms with van der Waals surface area (Å²) in [6.45, 7) is 4.65. The molecule has 0 aromatic carbocycles. The molecule has 0 aromatic heterocycles. The summed E-state index contributed by atoms with van der Waals surface area (Å²) in [6.07, 6.45) is 33.6. The van der Waals surface area contributed by atoms with Crippen molar-refractivity contribution < 1.29 is 0 Å². The molecular formula is C27H53P. The Kier molecular flexibility index (Phi) is 14.3. The quantitative estimate of drug-likeness (QED) is 0.147. The number of rotatable bonds is 19. The third kappa shape index (κ3) is 9.96. The van der Waals surface area contributed by atoms with Gasteiger partial charge in [-0.05, 0) is 61.9 Å². The molecule has 2 saturated carbocycles. The molecule has 1 heteroatoms. The molecule has 0 saturated heterocycles. The first-order valence-electron chi connectivity index (χ1n) is 13.6. The highest BCUT2D eigenvalue weighted by molar-refractivity contribution is 7.58. The van der Waals surface area contributed by atoms with E-state index < -0.39 is 0 Å². The van der Waals surface area contributed by atoms with Crippen molar-refractivity contribution in [2.45, 2.75) is 148 Å². The molecule has 0 radical (unpaired) electrons. The van der Waals surface area contributed by atoms with Crippen LogP contribution in [0.1, 0.15) is 142 Å². The molecule has 0 spiro atoms. The summed E-state index contributed by atoms with van der Waals surface area (Å²) in [5.74, 6) is 2.32. The zero-order valence-corrected chi connectivity index (χ0v) is 20.6. The SMILES string of the molecule is CCCCCCCCCCP(CCCCCCCCCC)C1CC2CCC1C2. The average molecular weight is 409 g/mol. The summed E-state index contributed by atoms with van der Waals surface area (Å²) in [7, 11) is 0.363. The highest BCUT2D eigenvalue weighted by Crippen LogP contribution is 2.59. The fourth-order valence-electron chi connectivity index (χ4n) is 6.00. The van der Waals surface area contributed by atoms with Crippen molar-refractivity contribution in [1.82, 2.24) is 0 Å². The van der Waals surface area contributed by atoms with Gasteiger partial charge in [-0.1, -0.05) is 110 Å². The molecule has 3 atom stereocenters. The van der Waals surface area contributed by atoms with Gasteiger partial charge < -0.3 is 0 Å². The summed E-state index contributed by atoms with van der Waals surface area (Å²) >= 11 is 0. The van der Waals surface area contributed by atoms with Gasteiger partial charge in [0.2, 0.25) is 0 Å². The molecule has 2 aliphatic carbocycles. The predicted molar refractivity (Wildman–Crippen MR) is 131 cm³/mol. The molecule has 28 heavy (non-hydrogen) atoms. The van der Waals surface area contributed by atoms with Gasteiger partial charge >= 0.3 is 0 Å². The number of hydrogen-bond donors (Lipinski definition) is 0. The van der Waals surface area contributed by atoms with Crippen molar-refractivity contribution in [3.8, 4) is 0 Å². The van der Waals surface area contributed by atoms with E-state index in [0.717, 1.165) is 5.92 Å². The fourth-order valence-corrected chi connectivity index (χ4v) is 9.61. The van der Waals surface area contributed by atoms with Crippen LogP contribution in [0.3, 0.4) is 0 Å². The van der Waals surface area contributed by atoms with Crippen molar-refractivity contribution in [2.75, 3.05) is 12.3 Å². The second-order valence-electron chi connectivity index (χ2n) is 10.2. The van der Waals surface area contributed by atoms with Crippen molar-refractivity contribution >= 4 is 7.92 Å². The minimum Gasteiger partial charge on any atom is -0.103 e. The molecule has 0 aromatic rings. The first-order chi connectivity index (χ1) is 13.8. The predicted octanol–water partition coefficient (Wildman–Crippen LogP) is 9.94. The van der Waals surface area contributed by atoms with Crippen LogP contribution in [0, 0.1) is 11.8 Å². The molecule has 0 amide bonds. The van der Waals surface area contributed by atoms with E-state index in [1.165, 1.54) is 101 Å². The van der Waals surface area contributed by atoms with Gasteiger partial charge in [-0.3, -0.25) is 0 Å². The smallest absolute Gasteiger partial charge is 0.0178 e. The van der Waals surface area contributed by atoms with Crippen LogP contribution in [0.25, 0.3) is 0 Å². The van der Waals surface area contributed by atoms with Gasteiger partial charge in [0.15, 0.2) is 0 Å². The van der Waals surface area contributed by atoms with Crippen molar-refractivity contribution in [2.24, 2.45) is 11.8 Å². The second kappa shape index (κ2) is 16.2. The minimum atomic E-state index is 0.363. The molecule has 0 heterocycles. The van der Waals surface area contributed by atoms with Gasteiger partial charge in [0, 0.05) is 0 Å². The Morgan fingerprint density at radius 1 is 0.536 bits per heavy atom. The van der Waals surface area contributed by atoms with E-state index in [1.807, 2.05) is 0 Å². The monoisotopic (exact) mass is 408 g/mol. The van der Waals surface area contributed by atoms with Gasteiger partial charge in [0.25, 0.3) is 0 Å². The largest absolute Gasteiger partial charge is 0.103 e. The van der Waals surface area contributed by atoms with Gasteiger partial charge in [0.05, 0.1) is 0 Å². The minimum absolute atomic E-state index is 0.363. The van der Waals surface area contributed by atoms with Crippen LogP contribution in [0.5, 0.6) is 0 Å². The lowest BCUT2D eigenvalue weighted by Crippen LogP contribution is -2.17. The number of hydrogen-bond acceptors (Lipinski definition) is 0. The van der Waals surface area contributed by atoms with Crippen molar-refractivity contribution in [3.05, 3.63) is 0 Å². The summed E-state index contributed by atoms with van der Waals surface area (Å²) in [5.41, 5.74) is 1.20. The topological polar surface area (TPSA) is 0 Å². The first kappa shape index (κ1) is 24.7. The van der Waals surface area contributed by atoms with E-state index in [-0.39, 0.29) is 0 Å². The Hall–Kier alpha value is 0.430. The molecule has 0 nitrogen and oxygen atoms in total. The van der Waals surface area contributed by atoms with Crippen LogP contribution < -0.4 is 0 Å². The van der Waals surface area contributed by atoms with E-state index in [2.05, 4.69) is 13.8 Å². The molecule has 0 N–H and O–H groups in total. The van der Waals surface area contributed by atoms with Crippen molar-refractivity contribution in [1.29, 1.82) is 0 Å². The Labute approximate surface area is 180 Å². The molecule has 2 bridgehead atoms. The molecule has 2 aliphatic rings. The average Bonchev–Trinajstić information content (AvgIpc) is 3.34. The highest BCUT2D eigenvalue weighted by Gasteiger charge is 2.42. The molecule has 166 valence electrons. The lowest BCUT2D eigenvalue weighted by atomic mass is 10.0. The highest BCUT2D eigenvalue weighted by atomic mass is 31.1. The van der Waals surface area contributed by atoms with Gasteiger partial charge in [-0.25, -0.2) is 0 Å². The lowest BCUT2D eigenvalue weighted by molar-refractivity contribution is 0.485.